The van der Waals surface area contributed by atoms with Crippen LogP contribution in [0.25, 0.3) is 0 Å². The van der Waals surface area contributed by atoms with Gasteiger partial charge in [-0.2, -0.15) is 0 Å². The second-order valence-electron chi connectivity index (χ2n) is 5.32. The summed E-state index contributed by atoms with van der Waals surface area (Å²) in [5, 5.41) is 0. The van der Waals surface area contributed by atoms with Crippen LogP contribution in [0.1, 0.15) is 24.0 Å². The summed E-state index contributed by atoms with van der Waals surface area (Å²) in [6.45, 7) is 4.13. The van der Waals surface area contributed by atoms with E-state index in [4.69, 9.17) is 15.2 Å². The van der Waals surface area contributed by atoms with Gasteiger partial charge < -0.3 is 15.2 Å². The Balaban J connectivity index is 2.13. The first-order valence-electron chi connectivity index (χ1n) is 6.55. The van der Waals surface area contributed by atoms with Crippen LogP contribution in [0, 0.1) is 19.8 Å². The number of ether oxygens (including phenoxy) is 2. The minimum Gasteiger partial charge on any atom is -0.490 e. The number of para-hydroxylation sites is 1. The van der Waals surface area contributed by atoms with Crippen molar-refractivity contribution in [3.8, 4) is 5.75 Å². The number of nitrogens with two attached hydrogens (primary N) is 1. The van der Waals surface area contributed by atoms with Gasteiger partial charge in [0.15, 0.2) is 5.54 Å². The molecule has 1 unspecified atom stereocenters. The van der Waals surface area contributed by atoms with Crippen molar-refractivity contribution in [2.24, 2.45) is 11.7 Å². The lowest BCUT2D eigenvalue weighted by molar-refractivity contribution is -0.149. The molecule has 104 valence electrons. The van der Waals surface area contributed by atoms with Gasteiger partial charge in [-0.25, -0.2) is 4.79 Å². The summed E-state index contributed by atoms with van der Waals surface area (Å²) in [6.07, 6.45) is 1.92. The highest BCUT2D eigenvalue weighted by Crippen LogP contribution is 2.39. The van der Waals surface area contributed by atoms with Crippen molar-refractivity contribution in [2.75, 3.05) is 13.7 Å². The van der Waals surface area contributed by atoms with E-state index in [0.717, 1.165) is 29.7 Å². The number of carbonyl (C=O) groups excluding carboxylic acids is 1. The molecule has 4 nitrogen and oxygen atoms in total. The van der Waals surface area contributed by atoms with Crippen LogP contribution in [-0.4, -0.2) is 25.2 Å². The summed E-state index contributed by atoms with van der Waals surface area (Å²) >= 11 is 0. The lowest BCUT2D eigenvalue weighted by atomic mass is 9.96. The molecule has 0 spiro atoms. The first kappa shape index (κ1) is 13.9. The molecule has 0 aromatic heterocycles. The van der Waals surface area contributed by atoms with Gasteiger partial charge in [0.25, 0.3) is 0 Å². The maximum absolute atomic E-state index is 11.9. The summed E-state index contributed by atoms with van der Waals surface area (Å²) < 4.78 is 10.7. The molecular formula is C15H21NO3. The van der Waals surface area contributed by atoms with Crippen LogP contribution < -0.4 is 10.5 Å². The van der Waals surface area contributed by atoms with E-state index in [2.05, 4.69) is 0 Å². The molecule has 1 aliphatic carbocycles. The highest BCUT2D eigenvalue weighted by atomic mass is 16.5. The Morgan fingerprint density at radius 1 is 1.37 bits per heavy atom. The second-order valence-corrected chi connectivity index (χ2v) is 5.32. The van der Waals surface area contributed by atoms with E-state index >= 15 is 0 Å². The third kappa shape index (κ3) is 2.73. The third-order valence-electron chi connectivity index (χ3n) is 3.74. The molecule has 1 atom stereocenters. The van der Waals surface area contributed by atoms with Crippen molar-refractivity contribution < 1.29 is 14.3 Å². The van der Waals surface area contributed by atoms with Gasteiger partial charge in [0, 0.05) is 0 Å². The molecule has 0 radical (unpaired) electrons. The third-order valence-corrected chi connectivity index (χ3v) is 3.74. The van der Waals surface area contributed by atoms with Crippen LogP contribution in [0.2, 0.25) is 0 Å². The monoisotopic (exact) mass is 263 g/mol. The molecule has 2 N–H and O–H groups in total. The number of rotatable bonds is 5. The highest BCUT2D eigenvalue weighted by Gasteiger charge is 2.50. The fraction of sp³-hybridized carbons (Fsp3) is 0.533. The van der Waals surface area contributed by atoms with Crippen molar-refractivity contribution in [3.05, 3.63) is 29.3 Å². The molecule has 0 heterocycles. The van der Waals surface area contributed by atoms with E-state index in [1.165, 1.54) is 7.11 Å². The second kappa shape index (κ2) is 5.21. The van der Waals surface area contributed by atoms with Gasteiger partial charge in [0.05, 0.1) is 7.11 Å². The zero-order valence-corrected chi connectivity index (χ0v) is 11.7. The van der Waals surface area contributed by atoms with E-state index in [1.807, 2.05) is 32.0 Å². The molecule has 1 aromatic carbocycles. The van der Waals surface area contributed by atoms with Crippen LogP contribution in [0.4, 0.5) is 0 Å². The van der Waals surface area contributed by atoms with E-state index in [0.29, 0.717) is 0 Å². The van der Waals surface area contributed by atoms with E-state index in [1.54, 1.807) is 0 Å². The van der Waals surface area contributed by atoms with Crippen molar-refractivity contribution in [1.82, 2.24) is 0 Å². The first-order valence-corrected chi connectivity index (χ1v) is 6.55. The Morgan fingerprint density at radius 3 is 2.42 bits per heavy atom. The van der Waals surface area contributed by atoms with Gasteiger partial charge in [-0.3, -0.25) is 0 Å². The average molecular weight is 263 g/mol. The molecule has 0 saturated heterocycles. The molecule has 2 rings (SSSR count). The molecular weight excluding hydrogens is 242 g/mol. The summed E-state index contributed by atoms with van der Waals surface area (Å²) in [7, 11) is 1.37. The Labute approximate surface area is 113 Å². The maximum Gasteiger partial charge on any atom is 0.329 e. The summed E-state index contributed by atoms with van der Waals surface area (Å²) in [5.74, 6) is 0.590. The summed E-state index contributed by atoms with van der Waals surface area (Å²) in [6, 6.07) is 5.94. The molecule has 1 saturated carbocycles. The average Bonchev–Trinajstić information content (AvgIpc) is 3.21. The number of carbonyl (C=O) groups is 1. The molecule has 0 aliphatic heterocycles. The van der Waals surface area contributed by atoms with Crippen molar-refractivity contribution >= 4 is 5.97 Å². The van der Waals surface area contributed by atoms with Crippen LogP contribution in [-0.2, 0) is 9.53 Å². The molecule has 0 amide bonds. The number of esters is 1. The molecule has 1 fully saturated rings. The van der Waals surface area contributed by atoms with Crippen molar-refractivity contribution in [1.29, 1.82) is 0 Å². The minimum absolute atomic E-state index is 0.163. The molecule has 19 heavy (non-hydrogen) atoms. The maximum atomic E-state index is 11.9. The largest absolute Gasteiger partial charge is 0.490 e. The quantitative estimate of drug-likeness (QED) is 0.825. The highest BCUT2D eigenvalue weighted by molar-refractivity contribution is 5.81. The van der Waals surface area contributed by atoms with E-state index in [-0.39, 0.29) is 18.5 Å². The van der Waals surface area contributed by atoms with E-state index < -0.39 is 5.54 Å². The fourth-order valence-electron chi connectivity index (χ4n) is 2.35. The Morgan fingerprint density at radius 2 is 1.95 bits per heavy atom. The predicted molar refractivity (Wildman–Crippen MR) is 73.1 cm³/mol. The number of hydrogen-bond donors (Lipinski definition) is 1. The van der Waals surface area contributed by atoms with Gasteiger partial charge in [-0.1, -0.05) is 18.2 Å². The smallest absolute Gasteiger partial charge is 0.329 e. The zero-order chi connectivity index (χ0) is 14.0. The number of hydrogen-bond acceptors (Lipinski definition) is 4. The Hall–Kier alpha value is -1.55. The van der Waals surface area contributed by atoms with E-state index in [9.17, 15) is 4.79 Å². The van der Waals surface area contributed by atoms with Crippen LogP contribution in [0.5, 0.6) is 5.75 Å². The SMILES string of the molecule is COC(=O)C(N)(COc1c(C)cccc1C)C1CC1. The lowest BCUT2D eigenvalue weighted by Crippen LogP contribution is -2.55. The molecule has 1 aromatic rings. The summed E-state index contributed by atoms with van der Waals surface area (Å²) in [5.41, 5.74) is 7.27. The van der Waals surface area contributed by atoms with Gasteiger partial charge >= 0.3 is 5.97 Å². The van der Waals surface area contributed by atoms with Gasteiger partial charge in [-0.05, 0) is 43.7 Å². The minimum atomic E-state index is -1.02. The van der Waals surface area contributed by atoms with Crippen LogP contribution in [0.3, 0.4) is 0 Å². The number of benzene rings is 1. The summed E-state index contributed by atoms with van der Waals surface area (Å²) in [4.78, 5) is 11.9. The fourth-order valence-corrected chi connectivity index (χ4v) is 2.35. The predicted octanol–water partition coefficient (Wildman–Crippen LogP) is 1.96. The van der Waals surface area contributed by atoms with Crippen molar-refractivity contribution in [3.63, 3.8) is 0 Å². The normalized spacial score (nSPS) is 17.7. The van der Waals surface area contributed by atoms with Crippen LogP contribution >= 0.6 is 0 Å². The Kier molecular flexibility index (Phi) is 3.80. The molecule has 0 bridgehead atoms. The standard InChI is InChI=1S/C15H21NO3/c1-10-5-4-6-11(2)13(10)19-9-15(16,12-7-8-12)14(17)18-3/h4-6,12H,7-9,16H2,1-3H3. The first-order chi connectivity index (χ1) is 8.99. The number of aryl methyl sites for hydroxylation is 2. The molecule has 4 heteroatoms. The molecule has 1 aliphatic rings. The van der Waals surface area contributed by atoms with Crippen molar-refractivity contribution in [2.45, 2.75) is 32.2 Å². The Bertz CT molecular complexity index is 462. The zero-order valence-electron chi connectivity index (χ0n) is 11.7. The van der Waals surface area contributed by atoms with Gasteiger partial charge in [-0.15, -0.1) is 0 Å². The lowest BCUT2D eigenvalue weighted by Gasteiger charge is -2.27. The van der Waals surface area contributed by atoms with Gasteiger partial charge in [0.2, 0.25) is 0 Å². The van der Waals surface area contributed by atoms with Crippen LogP contribution in [0.15, 0.2) is 18.2 Å². The number of methoxy groups -OCH3 is 1. The topological polar surface area (TPSA) is 61.5 Å². The van der Waals surface area contributed by atoms with Gasteiger partial charge in [0.1, 0.15) is 12.4 Å².